The first-order valence-electron chi connectivity index (χ1n) is 6.64. The first-order valence-corrected chi connectivity index (χ1v) is 6.64. The maximum absolute atomic E-state index is 13.8. The van der Waals surface area contributed by atoms with Crippen LogP contribution in [0.15, 0.2) is 12.1 Å². The number of tetrazole rings is 1. The van der Waals surface area contributed by atoms with Gasteiger partial charge in [0.1, 0.15) is 11.6 Å². The molecule has 0 bridgehead atoms. The van der Waals surface area contributed by atoms with Gasteiger partial charge in [0, 0.05) is 12.6 Å². The molecule has 1 aromatic carbocycles. The predicted molar refractivity (Wildman–Crippen MR) is 71.7 cm³/mol. The average molecular weight is 281 g/mol. The second-order valence-electron chi connectivity index (χ2n) is 4.64. The van der Waals surface area contributed by atoms with E-state index in [1.54, 1.807) is 0 Å². The highest BCUT2D eigenvalue weighted by Crippen LogP contribution is 2.25. The molecule has 7 heteroatoms. The summed E-state index contributed by atoms with van der Waals surface area (Å²) >= 11 is 0. The summed E-state index contributed by atoms with van der Waals surface area (Å²) in [5, 5.41) is 11.2. The highest BCUT2D eigenvalue weighted by molar-refractivity contribution is 5.62. The van der Waals surface area contributed by atoms with Gasteiger partial charge in [0.2, 0.25) is 0 Å². The number of nitrogens with two attached hydrogens (primary N) is 1. The highest BCUT2D eigenvalue weighted by Gasteiger charge is 2.16. The zero-order valence-electron chi connectivity index (χ0n) is 11.3. The fraction of sp³-hybridized carbons (Fsp3) is 0.462. The Morgan fingerprint density at radius 3 is 2.70 bits per heavy atom. The van der Waals surface area contributed by atoms with Crippen LogP contribution in [-0.4, -0.2) is 20.2 Å². The number of hydrogen-bond acceptors (Lipinski definition) is 4. The number of nitrogens with zero attached hydrogens (tertiary/aromatic N) is 4. The zero-order chi connectivity index (χ0) is 14.5. The Labute approximate surface area is 115 Å². The zero-order valence-corrected chi connectivity index (χ0v) is 11.3. The number of aromatic nitrogens is 4. The van der Waals surface area contributed by atoms with E-state index in [-0.39, 0.29) is 17.1 Å². The molecule has 5 nitrogen and oxygen atoms in total. The van der Waals surface area contributed by atoms with E-state index < -0.39 is 11.6 Å². The summed E-state index contributed by atoms with van der Waals surface area (Å²) in [4.78, 5) is 0. The second kappa shape index (κ2) is 6.40. The minimum absolute atomic E-state index is 0.115. The molecule has 0 unspecified atom stereocenters. The maximum Gasteiger partial charge on any atom is 0.185 e. The molecule has 0 atom stereocenters. The number of hydrogen-bond donors (Lipinski definition) is 1. The van der Waals surface area contributed by atoms with Gasteiger partial charge in [-0.15, -0.1) is 5.10 Å². The van der Waals surface area contributed by atoms with Crippen LogP contribution in [0.3, 0.4) is 0 Å². The third kappa shape index (κ3) is 3.09. The van der Waals surface area contributed by atoms with Crippen molar-refractivity contribution < 1.29 is 8.78 Å². The Morgan fingerprint density at radius 1 is 1.15 bits per heavy atom. The van der Waals surface area contributed by atoms with Crippen LogP contribution in [0.2, 0.25) is 0 Å². The number of unbranched alkanes of at least 4 members (excludes halogenated alkanes) is 3. The van der Waals surface area contributed by atoms with E-state index in [0.717, 1.165) is 31.7 Å². The Kier molecular flexibility index (Phi) is 4.60. The van der Waals surface area contributed by atoms with Crippen molar-refractivity contribution in [3.8, 4) is 11.4 Å². The van der Waals surface area contributed by atoms with Gasteiger partial charge in [-0.3, -0.25) is 0 Å². The quantitative estimate of drug-likeness (QED) is 0.653. The Balaban J connectivity index is 2.21. The molecule has 0 saturated carbocycles. The van der Waals surface area contributed by atoms with Crippen LogP contribution in [0, 0.1) is 11.6 Å². The van der Waals surface area contributed by atoms with Gasteiger partial charge in [-0.2, -0.15) is 0 Å². The molecule has 0 saturated heterocycles. The first-order chi connectivity index (χ1) is 9.63. The van der Waals surface area contributed by atoms with E-state index in [9.17, 15) is 8.78 Å². The van der Waals surface area contributed by atoms with Crippen LogP contribution in [0.1, 0.15) is 32.6 Å². The lowest BCUT2D eigenvalue weighted by Gasteiger charge is -2.07. The number of aryl methyl sites for hydroxylation is 1. The number of nitrogen functional groups attached to an aromatic ring is 1. The molecule has 2 N–H and O–H groups in total. The van der Waals surface area contributed by atoms with Crippen LogP contribution in [0.4, 0.5) is 14.5 Å². The van der Waals surface area contributed by atoms with Crippen molar-refractivity contribution in [1.82, 2.24) is 20.2 Å². The van der Waals surface area contributed by atoms with Gasteiger partial charge in [0.25, 0.3) is 0 Å². The van der Waals surface area contributed by atoms with Gasteiger partial charge in [-0.05, 0) is 22.9 Å². The van der Waals surface area contributed by atoms with Crippen molar-refractivity contribution in [2.75, 3.05) is 5.73 Å². The topological polar surface area (TPSA) is 69.6 Å². The van der Waals surface area contributed by atoms with Crippen LogP contribution in [0.25, 0.3) is 11.4 Å². The van der Waals surface area contributed by atoms with E-state index in [2.05, 4.69) is 22.4 Å². The minimum Gasteiger partial charge on any atom is -0.396 e. The molecule has 0 aliphatic heterocycles. The van der Waals surface area contributed by atoms with Crippen molar-refractivity contribution in [3.05, 3.63) is 23.8 Å². The lowest BCUT2D eigenvalue weighted by Crippen LogP contribution is -2.05. The van der Waals surface area contributed by atoms with Crippen LogP contribution >= 0.6 is 0 Å². The van der Waals surface area contributed by atoms with Gasteiger partial charge in [0.15, 0.2) is 5.82 Å². The molecular formula is C13H17F2N5. The van der Waals surface area contributed by atoms with Crippen molar-refractivity contribution in [3.63, 3.8) is 0 Å². The molecule has 0 amide bonds. The summed E-state index contributed by atoms with van der Waals surface area (Å²) in [7, 11) is 0. The van der Waals surface area contributed by atoms with E-state index in [1.807, 2.05) is 0 Å². The van der Waals surface area contributed by atoms with Crippen LogP contribution in [0.5, 0.6) is 0 Å². The van der Waals surface area contributed by atoms with Crippen LogP contribution < -0.4 is 5.73 Å². The number of rotatable bonds is 6. The molecule has 0 aliphatic carbocycles. The molecule has 0 aliphatic rings. The van der Waals surface area contributed by atoms with Crippen LogP contribution in [-0.2, 0) is 6.54 Å². The molecular weight excluding hydrogens is 264 g/mol. The Bertz CT molecular complexity index is 582. The molecule has 2 rings (SSSR count). The molecule has 0 spiro atoms. The fourth-order valence-corrected chi connectivity index (χ4v) is 1.97. The average Bonchev–Trinajstić information content (AvgIpc) is 2.87. The summed E-state index contributed by atoms with van der Waals surface area (Å²) in [6.45, 7) is 2.72. The smallest absolute Gasteiger partial charge is 0.185 e. The van der Waals surface area contributed by atoms with E-state index in [0.29, 0.717) is 6.54 Å². The monoisotopic (exact) mass is 281 g/mol. The fourth-order valence-electron chi connectivity index (χ4n) is 1.97. The van der Waals surface area contributed by atoms with E-state index in [1.165, 1.54) is 10.7 Å². The summed E-state index contributed by atoms with van der Waals surface area (Å²) in [5.74, 6) is -1.24. The molecule has 0 fully saturated rings. The van der Waals surface area contributed by atoms with E-state index in [4.69, 9.17) is 5.73 Å². The largest absolute Gasteiger partial charge is 0.396 e. The van der Waals surface area contributed by atoms with Gasteiger partial charge in [-0.1, -0.05) is 26.2 Å². The maximum atomic E-state index is 13.8. The summed E-state index contributed by atoms with van der Waals surface area (Å²) < 4.78 is 28.5. The number of benzene rings is 1. The molecule has 0 radical (unpaired) electrons. The standard InChI is InChI=1S/C13H17F2N5/c1-2-3-4-5-6-20-13(17-18-19-20)9-7-12(16)11(15)8-10(9)14/h7-8H,2-6,16H2,1H3. The molecule has 1 heterocycles. The molecule has 1 aromatic heterocycles. The highest BCUT2D eigenvalue weighted by atomic mass is 19.1. The number of anilines is 1. The number of halogens is 2. The Morgan fingerprint density at radius 2 is 1.95 bits per heavy atom. The first kappa shape index (κ1) is 14.4. The molecule has 108 valence electrons. The third-order valence-electron chi connectivity index (χ3n) is 3.08. The second-order valence-corrected chi connectivity index (χ2v) is 4.64. The normalized spacial score (nSPS) is 10.9. The van der Waals surface area contributed by atoms with Gasteiger partial charge in [0.05, 0.1) is 11.3 Å². The lowest BCUT2D eigenvalue weighted by molar-refractivity contribution is 0.529. The minimum atomic E-state index is -0.784. The van der Waals surface area contributed by atoms with Crippen molar-refractivity contribution in [2.45, 2.75) is 39.2 Å². The van der Waals surface area contributed by atoms with Gasteiger partial charge >= 0.3 is 0 Å². The van der Waals surface area contributed by atoms with Crippen molar-refractivity contribution in [1.29, 1.82) is 0 Å². The van der Waals surface area contributed by atoms with Gasteiger partial charge < -0.3 is 5.73 Å². The summed E-state index contributed by atoms with van der Waals surface area (Å²) in [6.07, 6.45) is 4.23. The van der Waals surface area contributed by atoms with Crippen molar-refractivity contribution in [2.24, 2.45) is 0 Å². The molecule has 2 aromatic rings. The van der Waals surface area contributed by atoms with Gasteiger partial charge in [-0.25, -0.2) is 13.5 Å². The third-order valence-corrected chi connectivity index (χ3v) is 3.08. The van der Waals surface area contributed by atoms with Crippen molar-refractivity contribution >= 4 is 5.69 Å². The van der Waals surface area contributed by atoms with E-state index >= 15 is 0 Å². The molecule has 20 heavy (non-hydrogen) atoms. The predicted octanol–water partition coefficient (Wildman–Crippen LogP) is 2.78. The SMILES string of the molecule is CCCCCCn1nnnc1-c1cc(N)c(F)cc1F. The summed E-state index contributed by atoms with van der Waals surface area (Å²) in [5.41, 5.74) is 5.46. The summed E-state index contributed by atoms with van der Waals surface area (Å²) in [6, 6.07) is 1.97. The Hall–Kier alpha value is -2.05. The lowest BCUT2D eigenvalue weighted by atomic mass is 10.1.